The highest BCUT2D eigenvalue weighted by Gasteiger charge is 2.32. The minimum atomic E-state index is -3.55. The van der Waals surface area contributed by atoms with Crippen LogP contribution in [0.3, 0.4) is 0 Å². The van der Waals surface area contributed by atoms with Gasteiger partial charge in [-0.05, 0) is 25.0 Å². The fourth-order valence-corrected chi connectivity index (χ4v) is 3.57. The van der Waals surface area contributed by atoms with E-state index in [0.29, 0.717) is 6.54 Å². The Morgan fingerprint density at radius 2 is 2.04 bits per heavy atom. The number of amides is 1. The number of carbonyl (C=O) groups is 1. The maximum absolute atomic E-state index is 12.6. The van der Waals surface area contributed by atoms with Crippen LogP contribution in [0, 0.1) is 0 Å². The molecule has 0 radical (unpaired) electrons. The summed E-state index contributed by atoms with van der Waals surface area (Å²) in [5.74, 6) is 0.814. The Hall–Kier alpha value is -1.34. The van der Waals surface area contributed by atoms with E-state index in [-0.39, 0.29) is 11.9 Å². The van der Waals surface area contributed by atoms with Gasteiger partial charge in [0.15, 0.2) is 0 Å². The van der Waals surface area contributed by atoms with Gasteiger partial charge in [-0.15, -0.1) is 0 Å². The molecule has 0 saturated carbocycles. The Kier molecular flexibility index (Phi) is 5.86. The number of furan rings is 1. The van der Waals surface area contributed by atoms with Crippen LogP contribution in [-0.4, -0.2) is 49.9 Å². The Morgan fingerprint density at radius 1 is 1.30 bits per heavy atom. The zero-order chi connectivity index (χ0) is 17.0. The van der Waals surface area contributed by atoms with Gasteiger partial charge in [-0.1, -0.05) is 19.8 Å². The summed E-state index contributed by atoms with van der Waals surface area (Å²) in [6.45, 7) is 2.59. The Bertz CT molecular complexity index is 636. The molecule has 1 fully saturated rings. The van der Waals surface area contributed by atoms with Crippen molar-refractivity contribution >= 4 is 15.9 Å². The lowest BCUT2D eigenvalue weighted by Crippen LogP contribution is -2.41. The van der Waals surface area contributed by atoms with Crippen molar-refractivity contribution in [3.05, 3.63) is 23.7 Å². The van der Waals surface area contributed by atoms with E-state index in [1.807, 2.05) is 19.1 Å². The van der Waals surface area contributed by atoms with Crippen molar-refractivity contribution < 1.29 is 17.6 Å². The quantitative estimate of drug-likeness (QED) is 0.822. The van der Waals surface area contributed by atoms with E-state index in [1.54, 1.807) is 4.90 Å². The van der Waals surface area contributed by atoms with Crippen molar-refractivity contribution in [1.82, 2.24) is 9.21 Å². The molecular formula is C16H26N2O4S. The Morgan fingerprint density at radius 3 is 2.65 bits per heavy atom. The molecule has 0 aromatic carbocycles. The molecule has 1 unspecified atom stereocenters. The molecule has 1 saturated heterocycles. The lowest BCUT2D eigenvalue weighted by atomic mass is 10.1. The minimum absolute atomic E-state index is 0.164. The number of carbonyl (C=O) groups excluding carboxylic acids is 1. The second-order valence-corrected chi connectivity index (χ2v) is 8.33. The number of rotatable bonds is 5. The van der Waals surface area contributed by atoms with Gasteiger partial charge in [0.05, 0.1) is 6.04 Å². The van der Waals surface area contributed by atoms with Gasteiger partial charge in [0.1, 0.15) is 17.3 Å². The zero-order valence-corrected chi connectivity index (χ0v) is 14.9. The lowest BCUT2D eigenvalue weighted by molar-refractivity contribution is -0.131. The highest BCUT2D eigenvalue weighted by atomic mass is 32.2. The van der Waals surface area contributed by atoms with Crippen LogP contribution in [-0.2, 0) is 21.2 Å². The van der Waals surface area contributed by atoms with Crippen LogP contribution in [0.1, 0.15) is 50.2 Å². The largest absolute Gasteiger partial charge is 0.464 e. The molecule has 0 N–H and O–H groups in total. The van der Waals surface area contributed by atoms with Crippen LogP contribution in [0.2, 0.25) is 0 Å². The zero-order valence-electron chi connectivity index (χ0n) is 14.1. The average Bonchev–Trinajstić information content (AvgIpc) is 2.83. The van der Waals surface area contributed by atoms with Crippen LogP contribution < -0.4 is 0 Å². The molecule has 0 aliphatic carbocycles. The third kappa shape index (κ3) is 4.35. The van der Waals surface area contributed by atoms with Gasteiger partial charge >= 0.3 is 0 Å². The summed E-state index contributed by atoms with van der Waals surface area (Å²) in [6, 6.07) is 3.68. The number of aryl methyl sites for hydroxylation is 1. The van der Waals surface area contributed by atoms with E-state index in [1.165, 1.54) is 14.1 Å². The summed E-state index contributed by atoms with van der Waals surface area (Å²) in [5, 5.41) is 0. The molecule has 130 valence electrons. The average molecular weight is 342 g/mol. The van der Waals surface area contributed by atoms with E-state index in [4.69, 9.17) is 4.42 Å². The van der Waals surface area contributed by atoms with Crippen LogP contribution in [0.5, 0.6) is 0 Å². The van der Waals surface area contributed by atoms with Crippen LogP contribution in [0.25, 0.3) is 0 Å². The smallest absolute Gasteiger partial charge is 0.239 e. The van der Waals surface area contributed by atoms with Crippen LogP contribution in [0.4, 0.5) is 0 Å². The summed E-state index contributed by atoms with van der Waals surface area (Å²) in [6.07, 6.45) is 4.56. The van der Waals surface area contributed by atoms with E-state index in [2.05, 4.69) is 0 Å². The number of hydrogen-bond acceptors (Lipinski definition) is 4. The van der Waals surface area contributed by atoms with Gasteiger partial charge in [0.25, 0.3) is 0 Å². The first kappa shape index (κ1) is 18.0. The summed E-state index contributed by atoms with van der Waals surface area (Å²) < 4.78 is 31.0. The fourth-order valence-electron chi connectivity index (χ4n) is 2.83. The van der Waals surface area contributed by atoms with Gasteiger partial charge in [-0.2, -0.15) is 0 Å². The molecule has 1 aromatic heterocycles. The molecule has 1 aliphatic rings. The number of likely N-dealkylation sites (tertiary alicyclic amines) is 1. The van der Waals surface area contributed by atoms with Crippen molar-refractivity contribution in [3.8, 4) is 0 Å². The van der Waals surface area contributed by atoms with Gasteiger partial charge in [-0.25, -0.2) is 12.7 Å². The standard InChI is InChI=1S/C16H26N2O4S/c1-4-13-9-10-15(22-13)14-8-6-5-7-11-18(14)16(19)12-23(20,21)17(2)3/h9-10,14H,4-8,11-12H2,1-3H3. The van der Waals surface area contributed by atoms with Crippen molar-refractivity contribution in [2.75, 3.05) is 26.4 Å². The third-order valence-corrected chi connectivity index (χ3v) is 6.02. The second kappa shape index (κ2) is 7.49. The Balaban J connectivity index is 2.22. The van der Waals surface area contributed by atoms with Crippen LogP contribution >= 0.6 is 0 Å². The molecule has 1 aromatic rings. The predicted molar refractivity (Wildman–Crippen MR) is 88.5 cm³/mol. The topological polar surface area (TPSA) is 70.8 Å². The van der Waals surface area contributed by atoms with E-state index < -0.39 is 15.8 Å². The van der Waals surface area contributed by atoms with Crippen molar-refractivity contribution in [2.24, 2.45) is 0 Å². The molecule has 0 spiro atoms. The third-order valence-electron chi connectivity index (χ3n) is 4.29. The van der Waals surface area contributed by atoms with Crippen LogP contribution in [0.15, 0.2) is 16.5 Å². The Labute approximate surface area is 138 Å². The van der Waals surface area contributed by atoms with Gasteiger partial charge < -0.3 is 9.32 Å². The SMILES string of the molecule is CCc1ccc(C2CCCCCN2C(=O)CS(=O)(=O)N(C)C)o1. The highest BCUT2D eigenvalue weighted by Crippen LogP contribution is 2.31. The maximum Gasteiger partial charge on any atom is 0.239 e. The molecule has 7 heteroatoms. The normalized spacial score (nSPS) is 19.8. The first-order valence-electron chi connectivity index (χ1n) is 8.13. The second-order valence-electron chi connectivity index (χ2n) is 6.15. The number of nitrogens with zero attached hydrogens (tertiary/aromatic N) is 2. The van der Waals surface area contributed by atoms with Gasteiger partial charge in [-0.3, -0.25) is 4.79 Å². The summed E-state index contributed by atoms with van der Waals surface area (Å²) in [5.41, 5.74) is 0. The molecular weight excluding hydrogens is 316 g/mol. The molecule has 1 amide bonds. The molecule has 2 heterocycles. The molecule has 2 rings (SSSR count). The van der Waals surface area contributed by atoms with Crippen molar-refractivity contribution in [3.63, 3.8) is 0 Å². The summed E-state index contributed by atoms with van der Waals surface area (Å²) in [4.78, 5) is 14.3. The summed E-state index contributed by atoms with van der Waals surface area (Å²) >= 11 is 0. The maximum atomic E-state index is 12.6. The molecule has 1 atom stereocenters. The first-order valence-corrected chi connectivity index (χ1v) is 9.74. The fraction of sp³-hybridized carbons (Fsp3) is 0.688. The minimum Gasteiger partial charge on any atom is -0.464 e. The molecule has 6 nitrogen and oxygen atoms in total. The predicted octanol–water partition coefficient (Wildman–Crippen LogP) is 2.18. The molecule has 1 aliphatic heterocycles. The van der Waals surface area contributed by atoms with Crippen molar-refractivity contribution in [1.29, 1.82) is 0 Å². The molecule has 23 heavy (non-hydrogen) atoms. The van der Waals surface area contributed by atoms with E-state index in [9.17, 15) is 13.2 Å². The van der Waals surface area contributed by atoms with Crippen molar-refractivity contribution in [2.45, 2.75) is 45.1 Å². The lowest BCUT2D eigenvalue weighted by Gasteiger charge is -2.29. The van der Waals surface area contributed by atoms with E-state index in [0.717, 1.165) is 47.9 Å². The highest BCUT2D eigenvalue weighted by molar-refractivity contribution is 7.89. The first-order chi connectivity index (χ1) is 10.8. The summed E-state index contributed by atoms with van der Waals surface area (Å²) in [7, 11) is -0.658. The van der Waals surface area contributed by atoms with E-state index >= 15 is 0 Å². The monoisotopic (exact) mass is 342 g/mol. The van der Waals surface area contributed by atoms with Gasteiger partial charge in [0, 0.05) is 27.1 Å². The van der Waals surface area contributed by atoms with Gasteiger partial charge in [0.2, 0.25) is 15.9 Å². The number of sulfonamides is 1. The number of hydrogen-bond donors (Lipinski definition) is 0. The molecule has 0 bridgehead atoms.